The van der Waals surface area contributed by atoms with Gasteiger partial charge >= 0.3 is 0 Å². The van der Waals surface area contributed by atoms with Crippen molar-refractivity contribution in [2.45, 2.75) is 25.7 Å². The van der Waals surface area contributed by atoms with E-state index in [0.29, 0.717) is 22.4 Å². The Kier molecular flexibility index (Phi) is 6.98. The van der Waals surface area contributed by atoms with Gasteiger partial charge in [-0.2, -0.15) is 0 Å². The number of nitrogens with zero attached hydrogens (tertiary/aromatic N) is 5. The van der Waals surface area contributed by atoms with Gasteiger partial charge in [0.2, 0.25) is 11.8 Å². The number of amides is 2. The number of hydrogen-bond acceptors (Lipinski definition) is 6. The number of carbonyl (C=O) groups excluding carboxylic acids is 2. The van der Waals surface area contributed by atoms with E-state index >= 15 is 0 Å². The van der Waals surface area contributed by atoms with E-state index in [-0.39, 0.29) is 25.5 Å². The molecule has 0 aliphatic carbocycles. The third-order valence-electron chi connectivity index (χ3n) is 5.86. The van der Waals surface area contributed by atoms with Crippen LogP contribution in [0.15, 0.2) is 95.9 Å². The molecule has 37 heavy (non-hydrogen) atoms. The summed E-state index contributed by atoms with van der Waals surface area (Å²) in [5.41, 5.74) is 2.53. The second-order valence-electron chi connectivity index (χ2n) is 8.37. The Labute approximate surface area is 211 Å². The molecule has 0 aliphatic heterocycles. The van der Waals surface area contributed by atoms with E-state index in [2.05, 4.69) is 20.6 Å². The maximum absolute atomic E-state index is 13.8. The molecule has 0 spiro atoms. The summed E-state index contributed by atoms with van der Waals surface area (Å²) in [6, 6.07) is 18.8. The number of hydrogen-bond donors (Lipinski definition) is 1. The number of fused-ring (bicyclic) bond motifs is 1. The Balaban J connectivity index is 1.50. The largest absolute Gasteiger partial charge is 0.467 e. The van der Waals surface area contributed by atoms with Gasteiger partial charge < -0.3 is 14.6 Å². The van der Waals surface area contributed by atoms with Crippen LogP contribution in [0.1, 0.15) is 22.9 Å². The molecular weight excluding hydrogens is 475 g/mol. The minimum atomic E-state index is -1.06. The molecule has 186 valence electrons. The second kappa shape index (κ2) is 10.8. The Morgan fingerprint density at radius 1 is 1.03 bits per heavy atom. The smallest absolute Gasteiger partial charge is 0.247 e. The lowest BCUT2D eigenvalue weighted by Gasteiger charge is -2.31. The Hall–Kier alpha value is -4.86. The van der Waals surface area contributed by atoms with E-state index in [9.17, 15) is 14.0 Å². The first-order chi connectivity index (χ1) is 18.1. The summed E-state index contributed by atoms with van der Waals surface area (Å²) in [6.45, 7) is 0.0750. The monoisotopic (exact) mass is 498 g/mol. The summed E-state index contributed by atoms with van der Waals surface area (Å²) >= 11 is 0. The van der Waals surface area contributed by atoms with Crippen LogP contribution in [0.4, 0.5) is 4.39 Å². The highest BCUT2D eigenvalue weighted by atomic mass is 19.1. The van der Waals surface area contributed by atoms with Crippen molar-refractivity contribution in [3.8, 4) is 0 Å². The van der Waals surface area contributed by atoms with Crippen LogP contribution in [0, 0.1) is 5.82 Å². The van der Waals surface area contributed by atoms with Crippen LogP contribution in [0.3, 0.4) is 0 Å². The third kappa shape index (κ3) is 5.53. The molecule has 9 nitrogen and oxygen atoms in total. The van der Waals surface area contributed by atoms with Crippen LogP contribution in [0.5, 0.6) is 0 Å². The molecule has 0 saturated heterocycles. The van der Waals surface area contributed by atoms with Gasteiger partial charge in [-0.1, -0.05) is 35.5 Å². The van der Waals surface area contributed by atoms with E-state index in [1.54, 1.807) is 36.7 Å². The van der Waals surface area contributed by atoms with Gasteiger partial charge in [0.15, 0.2) is 0 Å². The molecule has 0 fully saturated rings. The minimum absolute atomic E-state index is 0.0928. The first-order valence-electron chi connectivity index (χ1n) is 11.6. The van der Waals surface area contributed by atoms with Crippen molar-refractivity contribution in [2.75, 3.05) is 0 Å². The van der Waals surface area contributed by atoms with Crippen molar-refractivity contribution in [3.63, 3.8) is 0 Å². The molecule has 1 N–H and O–H groups in total. The zero-order chi connectivity index (χ0) is 25.6. The average Bonchev–Trinajstić information content (AvgIpc) is 3.59. The molecule has 5 rings (SSSR count). The van der Waals surface area contributed by atoms with Crippen LogP contribution >= 0.6 is 0 Å². The molecule has 0 radical (unpaired) electrons. The van der Waals surface area contributed by atoms with Gasteiger partial charge in [0, 0.05) is 18.9 Å². The lowest BCUT2D eigenvalue weighted by molar-refractivity contribution is -0.142. The summed E-state index contributed by atoms with van der Waals surface area (Å²) in [6.07, 6.45) is 4.78. The standard InChI is InChI=1S/C27H23FN6O3/c28-21-11-9-20(10-12-21)26(27(36)30-16-22-6-4-14-37-22)33(17-19-5-3-13-29-15-19)25(35)18-34-24-8-2-1-7-23(24)31-32-34/h1-15,26H,16-18H2,(H,30,36)/t26-/m0/s1. The van der Waals surface area contributed by atoms with E-state index in [4.69, 9.17) is 4.42 Å². The molecule has 0 unspecified atom stereocenters. The predicted octanol–water partition coefficient (Wildman–Crippen LogP) is 3.64. The molecule has 10 heteroatoms. The van der Waals surface area contributed by atoms with Crippen LogP contribution in [-0.4, -0.2) is 36.7 Å². The molecule has 5 aromatic rings. The molecule has 2 amide bonds. The van der Waals surface area contributed by atoms with Gasteiger partial charge in [-0.15, -0.1) is 5.10 Å². The number of aromatic nitrogens is 4. The second-order valence-corrected chi connectivity index (χ2v) is 8.37. The lowest BCUT2D eigenvalue weighted by Crippen LogP contribution is -2.44. The van der Waals surface area contributed by atoms with Gasteiger partial charge in [-0.05, 0) is 53.6 Å². The minimum Gasteiger partial charge on any atom is -0.467 e. The third-order valence-corrected chi connectivity index (χ3v) is 5.86. The van der Waals surface area contributed by atoms with Crippen molar-refractivity contribution in [1.82, 2.24) is 30.2 Å². The molecule has 3 heterocycles. The molecule has 3 aromatic heterocycles. The summed E-state index contributed by atoms with van der Waals surface area (Å²) in [7, 11) is 0. The predicted molar refractivity (Wildman–Crippen MR) is 132 cm³/mol. The van der Waals surface area contributed by atoms with Crippen molar-refractivity contribution < 1.29 is 18.4 Å². The highest BCUT2D eigenvalue weighted by Crippen LogP contribution is 2.25. The highest BCUT2D eigenvalue weighted by molar-refractivity contribution is 5.89. The molecule has 0 saturated carbocycles. The summed E-state index contributed by atoms with van der Waals surface area (Å²) in [5, 5.41) is 11.1. The van der Waals surface area contributed by atoms with E-state index in [1.165, 1.54) is 40.1 Å². The molecule has 0 bridgehead atoms. The summed E-state index contributed by atoms with van der Waals surface area (Å²) in [5.74, 6) is -0.700. The Bertz CT molecular complexity index is 1490. The topological polar surface area (TPSA) is 106 Å². The number of pyridine rings is 1. The van der Waals surface area contributed by atoms with Crippen LogP contribution in [0.25, 0.3) is 11.0 Å². The van der Waals surface area contributed by atoms with E-state index in [0.717, 1.165) is 5.56 Å². The van der Waals surface area contributed by atoms with Crippen molar-refractivity contribution >= 4 is 22.8 Å². The first-order valence-corrected chi connectivity index (χ1v) is 11.6. The molecule has 0 aliphatic rings. The number of nitrogens with one attached hydrogen (secondary N) is 1. The zero-order valence-corrected chi connectivity index (χ0v) is 19.7. The normalized spacial score (nSPS) is 11.8. The van der Waals surface area contributed by atoms with Crippen LogP contribution in [0.2, 0.25) is 0 Å². The number of rotatable bonds is 9. The quantitative estimate of drug-likeness (QED) is 0.333. The van der Waals surface area contributed by atoms with Crippen molar-refractivity contribution in [1.29, 1.82) is 0 Å². The number of para-hydroxylation sites is 1. The summed E-state index contributed by atoms with van der Waals surface area (Å²) in [4.78, 5) is 33.0. The van der Waals surface area contributed by atoms with Gasteiger partial charge in [-0.3, -0.25) is 14.6 Å². The van der Waals surface area contributed by atoms with Gasteiger partial charge in [0.05, 0.1) is 18.3 Å². The fraction of sp³-hybridized carbons (Fsp3) is 0.148. The number of benzene rings is 2. The van der Waals surface area contributed by atoms with Gasteiger partial charge in [0.25, 0.3) is 0 Å². The van der Waals surface area contributed by atoms with Crippen molar-refractivity contribution in [2.24, 2.45) is 0 Å². The SMILES string of the molecule is O=C(NCc1ccco1)[C@H](c1ccc(F)cc1)N(Cc1cccnc1)C(=O)Cn1nnc2ccccc21. The van der Waals surface area contributed by atoms with Gasteiger partial charge in [0.1, 0.15) is 29.7 Å². The zero-order valence-electron chi connectivity index (χ0n) is 19.7. The fourth-order valence-corrected chi connectivity index (χ4v) is 4.07. The number of furan rings is 1. The van der Waals surface area contributed by atoms with Crippen LogP contribution < -0.4 is 5.32 Å². The number of carbonyl (C=O) groups is 2. The number of halogens is 1. The van der Waals surface area contributed by atoms with E-state index in [1.807, 2.05) is 24.3 Å². The Morgan fingerprint density at radius 3 is 2.62 bits per heavy atom. The molecule has 1 atom stereocenters. The fourth-order valence-electron chi connectivity index (χ4n) is 4.07. The Morgan fingerprint density at radius 2 is 1.86 bits per heavy atom. The maximum Gasteiger partial charge on any atom is 0.247 e. The van der Waals surface area contributed by atoms with E-state index < -0.39 is 17.8 Å². The summed E-state index contributed by atoms with van der Waals surface area (Å²) < 4.78 is 20.6. The highest BCUT2D eigenvalue weighted by Gasteiger charge is 2.32. The van der Waals surface area contributed by atoms with Gasteiger partial charge in [-0.25, -0.2) is 9.07 Å². The molecular formula is C27H23FN6O3. The van der Waals surface area contributed by atoms with Crippen LogP contribution in [-0.2, 0) is 29.2 Å². The maximum atomic E-state index is 13.8. The molecule has 2 aromatic carbocycles. The first kappa shape index (κ1) is 23.9. The lowest BCUT2D eigenvalue weighted by atomic mass is 10.0. The van der Waals surface area contributed by atoms with Crippen molar-refractivity contribution in [3.05, 3.63) is 114 Å². The average molecular weight is 499 g/mol.